The van der Waals surface area contributed by atoms with Gasteiger partial charge in [0.25, 0.3) is 0 Å². The maximum Gasteiger partial charge on any atom is 0.155 e. The summed E-state index contributed by atoms with van der Waals surface area (Å²) in [7, 11) is 0. The van der Waals surface area contributed by atoms with Crippen LogP contribution in [-0.2, 0) is 4.79 Å². The maximum absolute atomic E-state index is 12.0. The van der Waals surface area contributed by atoms with Crippen molar-refractivity contribution in [2.24, 2.45) is 40.4 Å². The van der Waals surface area contributed by atoms with Crippen molar-refractivity contribution < 1.29 is 4.79 Å². The molecular formula is C27H40O. The van der Waals surface area contributed by atoms with Crippen LogP contribution in [0.25, 0.3) is 0 Å². The summed E-state index contributed by atoms with van der Waals surface area (Å²) in [6.45, 7) is 11.9. The predicted molar refractivity (Wildman–Crippen MR) is 118 cm³/mol. The van der Waals surface area contributed by atoms with Gasteiger partial charge in [-0.25, -0.2) is 0 Å². The van der Waals surface area contributed by atoms with Crippen molar-refractivity contribution in [1.29, 1.82) is 0 Å². The molecule has 0 unspecified atom stereocenters. The zero-order valence-corrected chi connectivity index (χ0v) is 18.8. The summed E-state index contributed by atoms with van der Waals surface area (Å²) in [6, 6.07) is 0. The number of allylic oxidation sites excluding steroid dienone is 5. The molecule has 0 aromatic carbocycles. The minimum atomic E-state index is 0.311. The Kier molecular flexibility index (Phi) is 5.26. The molecule has 4 aliphatic rings. The molecule has 0 spiro atoms. The van der Waals surface area contributed by atoms with Gasteiger partial charge in [-0.1, -0.05) is 50.1 Å². The van der Waals surface area contributed by atoms with Crippen LogP contribution in [0.3, 0.4) is 0 Å². The Hall–Kier alpha value is -1.11. The van der Waals surface area contributed by atoms with Gasteiger partial charge >= 0.3 is 0 Å². The van der Waals surface area contributed by atoms with Crippen molar-refractivity contribution in [3.8, 4) is 0 Å². The van der Waals surface area contributed by atoms with Gasteiger partial charge in [-0.15, -0.1) is 0 Å². The molecule has 0 saturated heterocycles. The van der Waals surface area contributed by atoms with Crippen LogP contribution in [0.2, 0.25) is 0 Å². The van der Waals surface area contributed by atoms with Gasteiger partial charge in [0, 0.05) is 6.42 Å². The molecule has 7 atom stereocenters. The van der Waals surface area contributed by atoms with Gasteiger partial charge in [-0.2, -0.15) is 0 Å². The first-order valence-electron chi connectivity index (χ1n) is 11.8. The molecule has 0 N–H and O–H groups in total. The third kappa shape index (κ3) is 3.17. The normalized spacial score (nSPS) is 43.8. The van der Waals surface area contributed by atoms with Gasteiger partial charge in [-0.3, -0.25) is 4.79 Å². The summed E-state index contributed by atoms with van der Waals surface area (Å²) in [5.74, 6) is 4.47. The molecule has 4 aliphatic carbocycles. The maximum atomic E-state index is 12.0. The highest BCUT2D eigenvalue weighted by molar-refractivity contribution is 5.91. The van der Waals surface area contributed by atoms with Crippen LogP contribution in [0.4, 0.5) is 0 Å². The summed E-state index contributed by atoms with van der Waals surface area (Å²) < 4.78 is 0. The van der Waals surface area contributed by atoms with Crippen molar-refractivity contribution >= 4 is 5.78 Å². The second kappa shape index (κ2) is 7.29. The Morgan fingerprint density at radius 3 is 2.61 bits per heavy atom. The van der Waals surface area contributed by atoms with Crippen LogP contribution in [-0.4, -0.2) is 5.78 Å². The fraction of sp³-hybridized carbons (Fsp3) is 0.741. The van der Waals surface area contributed by atoms with Crippen LogP contribution in [0.15, 0.2) is 35.5 Å². The lowest BCUT2D eigenvalue weighted by Crippen LogP contribution is -2.50. The molecule has 0 bridgehead atoms. The zero-order chi connectivity index (χ0) is 20.1. The van der Waals surface area contributed by atoms with Crippen LogP contribution >= 0.6 is 0 Å². The average Bonchev–Trinajstić information content (AvgIpc) is 2.99. The standard InChI is InChI=1S/C27H40O/c1-18(2)7-6-8-19(3)23-11-12-24-22-10-9-20-17-21(28)13-15-26(20,4)25(22)14-16-27(23,24)5/h6-8,17,19,22-25H,9-16H2,1-5H3/b8-6-/t19-,22+,23-,24+,25+,26+,27-/m1/s1. The predicted octanol–water partition coefficient (Wildman–Crippen LogP) is 7.29. The summed E-state index contributed by atoms with van der Waals surface area (Å²) >= 11 is 0. The van der Waals surface area contributed by atoms with Crippen LogP contribution in [0.1, 0.15) is 86.0 Å². The number of fused-ring (bicyclic) bond motifs is 5. The SMILES string of the molecule is CC(C)=C/C=C\[C@@H](C)[C@H]1CC[C@H]2[C@@H]3CCC4=CC(=O)CC[C@]4(C)[C@H]3CC[C@]12C. The molecule has 4 rings (SSSR count). The Morgan fingerprint density at radius 2 is 1.86 bits per heavy atom. The number of ketones is 1. The van der Waals surface area contributed by atoms with Gasteiger partial charge in [-0.05, 0) is 105 Å². The summed E-state index contributed by atoms with van der Waals surface area (Å²) in [5.41, 5.74) is 3.70. The number of hydrogen-bond donors (Lipinski definition) is 0. The molecule has 1 nitrogen and oxygen atoms in total. The molecule has 3 saturated carbocycles. The Balaban J connectivity index is 1.55. The monoisotopic (exact) mass is 380 g/mol. The molecule has 3 fully saturated rings. The summed E-state index contributed by atoms with van der Waals surface area (Å²) in [6.07, 6.45) is 19.0. The van der Waals surface area contributed by atoms with Crippen molar-refractivity contribution in [1.82, 2.24) is 0 Å². The van der Waals surface area contributed by atoms with E-state index >= 15 is 0 Å². The van der Waals surface area contributed by atoms with Crippen molar-refractivity contribution in [2.45, 2.75) is 86.0 Å². The topological polar surface area (TPSA) is 17.1 Å². The van der Waals surface area contributed by atoms with Crippen LogP contribution < -0.4 is 0 Å². The molecule has 0 aromatic heterocycles. The third-order valence-electron chi connectivity index (χ3n) is 9.51. The van der Waals surface area contributed by atoms with Crippen molar-refractivity contribution in [3.63, 3.8) is 0 Å². The number of carbonyl (C=O) groups excluding carboxylic acids is 1. The number of carbonyl (C=O) groups is 1. The summed E-state index contributed by atoms with van der Waals surface area (Å²) in [5, 5.41) is 0. The third-order valence-corrected chi connectivity index (χ3v) is 9.51. The molecule has 154 valence electrons. The Morgan fingerprint density at radius 1 is 1.07 bits per heavy atom. The molecule has 0 amide bonds. The molecule has 0 radical (unpaired) electrons. The fourth-order valence-corrected chi connectivity index (χ4v) is 8.02. The molecule has 1 heteroatoms. The molecule has 28 heavy (non-hydrogen) atoms. The first kappa shape index (κ1) is 20.2. The van der Waals surface area contributed by atoms with Gasteiger partial charge < -0.3 is 0 Å². The lowest BCUT2D eigenvalue weighted by molar-refractivity contribution is -0.117. The van der Waals surface area contributed by atoms with Crippen LogP contribution in [0.5, 0.6) is 0 Å². The van der Waals surface area contributed by atoms with E-state index in [-0.39, 0.29) is 0 Å². The first-order valence-corrected chi connectivity index (χ1v) is 11.8. The van der Waals surface area contributed by atoms with E-state index in [0.717, 1.165) is 36.5 Å². The number of rotatable bonds is 3. The molecule has 0 heterocycles. The molecule has 0 aromatic rings. The lowest BCUT2D eigenvalue weighted by Gasteiger charge is -2.58. The van der Waals surface area contributed by atoms with Gasteiger partial charge in [0.15, 0.2) is 5.78 Å². The van der Waals surface area contributed by atoms with Crippen LogP contribution in [0, 0.1) is 40.4 Å². The molecule has 0 aliphatic heterocycles. The number of hydrogen-bond acceptors (Lipinski definition) is 1. The van der Waals surface area contributed by atoms with Crippen molar-refractivity contribution in [3.05, 3.63) is 35.5 Å². The lowest BCUT2D eigenvalue weighted by atomic mass is 9.46. The highest BCUT2D eigenvalue weighted by Gasteiger charge is 2.59. The first-order chi connectivity index (χ1) is 13.3. The van der Waals surface area contributed by atoms with E-state index in [1.54, 1.807) is 0 Å². The quantitative estimate of drug-likeness (QED) is 0.470. The largest absolute Gasteiger partial charge is 0.295 e. The smallest absolute Gasteiger partial charge is 0.155 e. The Bertz CT molecular complexity index is 721. The van der Waals surface area contributed by atoms with E-state index in [9.17, 15) is 4.79 Å². The van der Waals surface area contributed by atoms with E-state index < -0.39 is 0 Å². The second-order valence-corrected chi connectivity index (χ2v) is 11.2. The highest BCUT2D eigenvalue weighted by Crippen LogP contribution is 2.67. The zero-order valence-electron chi connectivity index (χ0n) is 18.8. The second-order valence-electron chi connectivity index (χ2n) is 11.2. The van der Waals surface area contributed by atoms with Crippen molar-refractivity contribution in [2.75, 3.05) is 0 Å². The summed E-state index contributed by atoms with van der Waals surface area (Å²) in [4.78, 5) is 12.0. The van der Waals surface area contributed by atoms with E-state index in [4.69, 9.17) is 0 Å². The average molecular weight is 381 g/mol. The molecular weight excluding hydrogens is 340 g/mol. The van der Waals surface area contributed by atoms with E-state index in [2.05, 4.69) is 52.8 Å². The minimum Gasteiger partial charge on any atom is -0.295 e. The van der Waals surface area contributed by atoms with E-state index in [0.29, 0.717) is 22.5 Å². The van der Waals surface area contributed by atoms with E-state index in [1.807, 2.05) is 6.08 Å². The van der Waals surface area contributed by atoms with Gasteiger partial charge in [0.05, 0.1) is 0 Å². The van der Waals surface area contributed by atoms with Gasteiger partial charge in [0.2, 0.25) is 0 Å². The Labute approximate surface area is 172 Å². The fourth-order valence-electron chi connectivity index (χ4n) is 8.02. The van der Waals surface area contributed by atoms with Gasteiger partial charge in [0.1, 0.15) is 0 Å². The van der Waals surface area contributed by atoms with E-state index in [1.165, 1.54) is 49.7 Å². The highest BCUT2D eigenvalue weighted by atomic mass is 16.1. The minimum absolute atomic E-state index is 0.311.